The van der Waals surface area contributed by atoms with Gasteiger partial charge in [-0.1, -0.05) is 30.3 Å². The fraction of sp³-hybridized carbons (Fsp3) is 0.400. The molecule has 150 valence electrons. The molecule has 8 nitrogen and oxygen atoms in total. The summed E-state index contributed by atoms with van der Waals surface area (Å²) in [5.74, 6) is 5.43. The van der Waals surface area contributed by atoms with Crippen LogP contribution in [-0.4, -0.2) is 56.2 Å². The first-order valence-corrected chi connectivity index (χ1v) is 9.27. The third-order valence-electron chi connectivity index (χ3n) is 4.89. The summed E-state index contributed by atoms with van der Waals surface area (Å²) in [4.78, 5) is 26.2. The van der Waals surface area contributed by atoms with Crippen molar-refractivity contribution in [3.8, 4) is 5.75 Å². The van der Waals surface area contributed by atoms with Crippen molar-refractivity contribution in [3.63, 3.8) is 0 Å². The minimum absolute atomic E-state index is 0.00691. The van der Waals surface area contributed by atoms with Crippen LogP contribution in [0.25, 0.3) is 10.8 Å². The van der Waals surface area contributed by atoms with E-state index >= 15 is 0 Å². The van der Waals surface area contributed by atoms with E-state index in [0.717, 1.165) is 22.1 Å². The highest BCUT2D eigenvalue weighted by molar-refractivity contribution is 5.89. The normalized spacial score (nSPS) is 17.4. The molecule has 0 saturated carbocycles. The number of benzene rings is 2. The Kier molecular flexibility index (Phi) is 6.80. The lowest BCUT2D eigenvalue weighted by atomic mass is 10.0. The maximum absolute atomic E-state index is 12.4. The number of carbonyl (C=O) groups is 2. The fourth-order valence-corrected chi connectivity index (χ4v) is 3.46. The predicted molar refractivity (Wildman–Crippen MR) is 105 cm³/mol. The van der Waals surface area contributed by atoms with Crippen LogP contribution >= 0.6 is 0 Å². The van der Waals surface area contributed by atoms with E-state index in [4.69, 9.17) is 15.3 Å². The first kappa shape index (κ1) is 20.1. The zero-order valence-corrected chi connectivity index (χ0v) is 15.9. The topological polar surface area (TPSA) is 106 Å². The molecular weight excluding hydrogens is 360 g/mol. The van der Waals surface area contributed by atoms with Crippen LogP contribution in [0, 0.1) is 0 Å². The molecule has 1 heterocycles. The van der Waals surface area contributed by atoms with Crippen molar-refractivity contribution >= 4 is 22.6 Å². The summed E-state index contributed by atoms with van der Waals surface area (Å²) < 4.78 is 11.0. The molecule has 2 aromatic rings. The van der Waals surface area contributed by atoms with E-state index < -0.39 is 6.04 Å². The molecule has 0 aliphatic carbocycles. The number of ether oxygens (including phenoxy) is 2. The molecule has 1 unspecified atom stereocenters. The Bertz CT molecular complexity index is 842. The second kappa shape index (κ2) is 9.50. The molecule has 0 radical (unpaired) electrons. The molecule has 1 atom stereocenters. The molecule has 8 heteroatoms. The van der Waals surface area contributed by atoms with Gasteiger partial charge >= 0.3 is 0 Å². The van der Waals surface area contributed by atoms with Gasteiger partial charge in [-0.2, -0.15) is 0 Å². The van der Waals surface area contributed by atoms with Crippen LogP contribution in [0.5, 0.6) is 5.75 Å². The zero-order valence-electron chi connectivity index (χ0n) is 15.9. The van der Waals surface area contributed by atoms with Crippen LogP contribution in [0.1, 0.15) is 12.0 Å². The molecule has 0 spiro atoms. The summed E-state index contributed by atoms with van der Waals surface area (Å²) in [6, 6.07) is 11.4. The number of fused-ring (bicyclic) bond motifs is 1. The smallest absolute Gasteiger partial charge is 0.237 e. The Morgan fingerprint density at radius 3 is 2.89 bits per heavy atom. The average molecular weight is 386 g/mol. The molecule has 1 aliphatic heterocycles. The van der Waals surface area contributed by atoms with E-state index in [2.05, 4.69) is 10.7 Å². The number of methoxy groups -OCH3 is 1. The van der Waals surface area contributed by atoms with E-state index in [1.807, 2.05) is 41.3 Å². The molecule has 4 N–H and O–H groups in total. The minimum atomic E-state index is -0.580. The Hall–Kier alpha value is -2.68. The number of nitrogens with zero attached hydrogens (tertiary/aromatic N) is 1. The van der Waals surface area contributed by atoms with Crippen LogP contribution in [0.2, 0.25) is 0 Å². The van der Waals surface area contributed by atoms with Gasteiger partial charge in [0.05, 0.1) is 19.1 Å². The highest BCUT2D eigenvalue weighted by Crippen LogP contribution is 2.30. The molecular formula is C20H26N4O4. The highest BCUT2D eigenvalue weighted by atomic mass is 16.5. The molecule has 0 aromatic heterocycles. The quantitative estimate of drug-likeness (QED) is 0.265. The Balaban J connectivity index is 1.92. The number of carbonyl (C=O) groups excluding carboxylic acids is 2. The van der Waals surface area contributed by atoms with Crippen molar-refractivity contribution in [1.82, 2.24) is 15.6 Å². The zero-order chi connectivity index (χ0) is 19.9. The number of rotatable bonds is 8. The van der Waals surface area contributed by atoms with Gasteiger partial charge in [0.15, 0.2) is 0 Å². The van der Waals surface area contributed by atoms with Crippen LogP contribution in [-0.2, 0) is 20.9 Å². The van der Waals surface area contributed by atoms with Crippen LogP contribution in [0.3, 0.4) is 0 Å². The van der Waals surface area contributed by atoms with E-state index in [1.165, 1.54) is 0 Å². The third-order valence-corrected chi connectivity index (χ3v) is 4.89. The maximum Gasteiger partial charge on any atom is 0.237 e. The standard InChI is InChI=1S/C20H26N4O4/c1-27-10-11-28-18-7-6-14-4-2-3-5-15(14)16(18)13-24-9-8-22-20(26)17(24)12-19(25)23-21/h2-7,17H,8-13,21H2,1H3,(H,22,26)(H,23,25). The lowest BCUT2D eigenvalue weighted by Gasteiger charge is -2.35. The van der Waals surface area contributed by atoms with Crippen molar-refractivity contribution in [2.75, 3.05) is 33.4 Å². The van der Waals surface area contributed by atoms with Crippen LogP contribution in [0.15, 0.2) is 36.4 Å². The number of hydrazine groups is 1. The number of piperazine rings is 1. The number of nitrogens with two attached hydrogens (primary N) is 1. The maximum atomic E-state index is 12.4. The first-order valence-electron chi connectivity index (χ1n) is 9.27. The van der Waals surface area contributed by atoms with Crippen molar-refractivity contribution < 1.29 is 19.1 Å². The molecule has 2 amide bonds. The molecule has 1 aliphatic rings. The van der Waals surface area contributed by atoms with Crippen molar-refractivity contribution in [3.05, 3.63) is 42.0 Å². The van der Waals surface area contributed by atoms with Gasteiger partial charge in [-0.15, -0.1) is 0 Å². The summed E-state index contributed by atoms with van der Waals surface area (Å²) in [6.45, 7) is 2.57. The second-order valence-electron chi connectivity index (χ2n) is 6.65. The Morgan fingerprint density at radius 1 is 1.29 bits per heavy atom. The molecule has 0 bridgehead atoms. The minimum Gasteiger partial charge on any atom is -0.491 e. The van der Waals surface area contributed by atoms with E-state index in [0.29, 0.717) is 32.8 Å². The van der Waals surface area contributed by atoms with Gasteiger partial charge in [0, 0.05) is 32.3 Å². The summed E-state index contributed by atoms with van der Waals surface area (Å²) in [7, 11) is 1.63. The first-order chi connectivity index (χ1) is 13.6. The summed E-state index contributed by atoms with van der Waals surface area (Å²) in [5.41, 5.74) is 3.10. The summed E-state index contributed by atoms with van der Waals surface area (Å²) in [6.07, 6.45) is 0.00691. The van der Waals surface area contributed by atoms with Crippen molar-refractivity contribution in [2.24, 2.45) is 5.84 Å². The van der Waals surface area contributed by atoms with Crippen molar-refractivity contribution in [1.29, 1.82) is 0 Å². The van der Waals surface area contributed by atoms with Gasteiger partial charge in [0.1, 0.15) is 12.4 Å². The molecule has 1 fully saturated rings. The Labute approximate surface area is 163 Å². The average Bonchev–Trinajstić information content (AvgIpc) is 2.71. The summed E-state index contributed by atoms with van der Waals surface area (Å²) >= 11 is 0. The Morgan fingerprint density at radius 2 is 2.11 bits per heavy atom. The lowest BCUT2D eigenvalue weighted by molar-refractivity contribution is -0.134. The molecule has 3 rings (SSSR count). The molecule has 28 heavy (non-hydrogen) atoms. The number of amides is 2. The molecule has 1 saturated heterocycles. The second-order valence-corrected chi connectivity index (χ2v) is 6.65. The fourth-order valence-electron chi connectivity index (χ4n) is 3.46. The van der Waals surface area contributed by atoms with Crippen LogP contribution in [0.4, 0.5) is 0 Å². The number of nitrogens with one attached hydrogen (secondary N) is 2. The lowest BCUT2D eigenvalue weighted by Crippen LogP contribution is -2.56. The van der Waals surface area contributed by atoms with Gasteiger partial charge in [-0.3, -0.25) is 19.9 Å². The molecule has 2 aromatic carbocycles. The van der Waals surface area contributed by atoms with Crippen LogP contribution < -0.4 is 21.3 Å². The van der Waals surface area contributed by atoms with Gasteiger partial charge in [0.25, 0.3) is 0 Å². The van der Waals surface area contributed by atoms with E-state index in [1.54, 1.807) is 7.11 Å². The van der Waals surface area contributed by atoms with Gasteiger partial charge in [-0.05, 0) is 16.8 Å². The van der Waals surface area contributed by atoms with E-state index in [-0.39, 0.29) is 18.2 Å². The highest BCUT2D eigenvalue weighted by Gasteiger charge is 2.32. The largest absolute Gasteiger partial charge is 0.491 e. The third kappa shape index (κ3) is 4.59. The monoisotopic (exact) mass is 386 g/mol. The van der Waals surface area contributed by atoms with Gasteiger partial charge in [-0.25, -0.2) is 5.84 Å². The number of hydrogen-bond donors (Lipinski definition) is 3. The van der Waals surface area contributed by atoms with Gasteiger partial charge in [0.2, 0.25) is 11.8 Å². The summed E-state index contributed by atoms with van der Waals surface area (Å²) in [5, 5.41) is 4.97. The van der Waals surface area contributed by atoms with Gasteiger partial charge < -0.3 is 14.8 Å². The SMILES string of the molecule is COCCOc1ccc2ccccc2c1CN1CCNC(=O)C1CC(=O)NN. The number of hydrogen-bond acceptors (Lipinski definition) is 6. The predicted octanol–water partition coefficient (Wildman–Crippen LogP) is 0.545. The van der Waals surface area contributed by atoms with Crippen molar-refractivity contribution in [2.45, 2.75) is 19.0 Å². The van der Waals surface area contributed by atoms with E-state index in [9.17, 15) is 9.59 Å².